The summed E-state index contributed by atoms with van der Waals surface area (Å²) in [4.78, 5) is 11.4. The van der Waals surface area contributed by atoms with Crippen molar-refractivity contribution >= 4 is 5.91 Å². The summed E-state index contributed by atoms with van der Waals surface area (Å²) in [6.07, 6.45) is 3.34. The highest BCUT2D eigenvalue weighted by molar-refractivity contribution is 5.85. The lowest BCUT2D eigenvalue weighted by Gasteiger charge is -2.32. The van der Waals surface area contributed by atoms with Crippen LogP contribution in [0.2, 0.25) is 0 Å². The first-order chi connectivity index (χ1) is 5.60. The van der Waals surface area contributed by atoms with Crippen molar-refractivity contribution in [3.8, 4) is 0 Å². The highest BCUT2D eigenvalue weighted by Crippen LogP contribution is 2.45. The number of aliphatic hydroxyl groups is 1. The number of hydrogen-bond acceptors (Lipinski definition) is 2. The van der Waals surface area contributed by atoms with E-state index in [0.717, 1.165) is 25.7 Å². The van der Waals surface area contributed by atoms with E-state index in [1.807, 2.05) is 6.92 Å². The molecule has 0 aromatic rings. The van der Waals surface area contributed by atoms with Gasteiger partial charge < -0.3 is 10.4 Å². The van der Waals surface area contributed by atoms with Crippen molar-refractivity contribution in [2.24, 2.45) is 5.41 Å². The molecule has 0 radical (unpaired) electrons. The molecule has 1 amide bonds. The van der Waals surface area contributed by atoms with E-state index in [2.05, 4.69) is 5.32 Å². The average Bonchev–Trinajstić information content (AvgIpc) is 2.66. The van der Waals surface area contributed by atoms with Gasteiger partial charge in [0.25, 0.3) is 0 Å². The summed E-state index contributed by atoms with van der Waals surface area (Å²) < 4.78 is 0. The molecule has 68 valence electrons. The predicted molar refractivity (Wildman–Crippen MR) is 44.5 cm³/mol. The maximum Gasteiger partial charge on any atom is 0.226 e. The second kappa shape index (κ2) is 2.46. The Kier molecular flexibility index (Phi) is 1.65. The van der Waals surface area contributed by atoms with Gasteiger partial charge in [0.2, 0.25) is 5.91 Å². The van der Waals surface area contributed by atoms with Gasteiger partial charge >= 0.3 is 0 Å². The van der Waals surface area contributed by atoms with Gasteiger partial charge in [0.15, 0.2) is 0 Å². The van der Waals surface area contributed by atoms with E-state index < -0.39 is 0 Å². The molecule has 2 N–H and O–H groups in total. The zero-order valence-corrected chi connectivity index (χ0v) is 7.34. The molecular formula is C9H15NO2. The van der Waals surface area contributed by atoms with Gasteiger partial charge in [-0.3, -0.25) is 4.79 Å². The summed E-state index contributed by atoms with van der Waals surface area (Å²) in [5.41, 5.74) is -0.0689. The quantitative estimate of drug-likeness (QED) is 0.629. The standard InChI is InChI=1S/C9H15NO2/c1-9(2-3-9)8(12)10-6-4-7(11)5-6/h6-7,11H,2-5H2,1H3,(H,10,12). The van der Waals surface area contributed by atoms with E-state index in [1.54, 1.807) is 0 Å². The fraction of sp³-hybridized carbons (Fsp3) is 0.889. The molecule has 0 atom stereocenters. The van der Waals surface area contributed by atoms with Crippen molar-refractivity contribution in [3.05, 3.63) is 0 Å². The molecular weight excluding hydrogens is 154 g/mol. The fourth-order valence-corrected chi connectivity index (χ4v) is 1.48. The van der Waals surface area contributed by atoms with Crippen molar-refractivity contribution in [1.82, 2.24) is 5.32 Å². The van der Waals surface area contributed by atoms with Gasteiger partial charge in [-0.25, -0.2) is 0 Å². The van der Waals surface area contributed by atoms with E-state index in [1.165, 1.54) is 0 Å². The van der Waals surface area contributed by atoms with Crippen LogP contribution < -0.4 is 5.32 Å². The highest BCUT2D eigenvalue weighted by atomic mass is 16.3. The van der Waals surface area contributed by atoms with Gasteiger partial charge in [0, 0.05) is 11.5 Å². The zero-order valence-electron chi connectivity index (χ0n) is 7.34. The molecule has 0 aliphatic heterocycles. The van der Waals surface area contributed by atoms with E-state index in [0.29, 0.717) is 0 Å². The molecule has 2 fully saturated rings. The Morgan fingerprint density at radius 1 is 1.50 bits per heavy atom. The van der Waals surface area contributed by atoms with Crippen LogP contribution in [-0.2, 0) is 4.79 Å². The summed E-state index contributed by atoms with van der Waals surface area (Å²) in [6, 6.07) is 0.241. The lowest BCUT2D eigenvalue weighted by molar-refractivity contribution is -0.127. The van der Waals surface area contributed by atoms with Crippen molar-refractivity contribution in [3.63, 3.8) is 0 Å². The van der Waals surface area contributed by atoms with Crippen LogP contribution in [0.25, 0.3) is 0 Å². The SMILES string of the molecule is CC1(C(=O)NC2CC(O)C2)CC1. The predicted octanol–water partition coefficient (Wildman–Crippen LogP) is 0.426. The van der Waals surface area contributed by atoms with Crippen LogP contribution in [0, 0.1) is 5.41 Å². The minimum absolute atomic E-state index is 0.0689. The van der Waals surface area contributed by atoms with Gasteiger partial charge in [-0.1, -0.05) is 6.92 Å². The number of nitrogens with one attached hydrogen (secondary N) is 1. The molecule has 2 rings (SSSR count). The van der Waals surface area contributed by atoms with Crippen LogP contribution in [0.3, 0.4) is 0 Å². The molecule has 2 aliphatic carbocycles. The first kappa shape index (κ1) is 8.05. The van der Waals surface area contributed by atoms with E-state index >= 15 is 0 Å². The molecule has 0 spiro atoms. The molecule has 2 aliphatic rings. The van der Waals surface area contributed by atoms with Gasteiger partial charge in [-0.05, 0) is 25.7 Å². The third kappa shape index (κ3) is 1.33. The maximum absolute atomic E-state index is 11.4. The summed E-state index contributed by atoms with van der Waals surface area (Å²) in [7, 11) is 0. The summed E-state index contributed by atoms with van der Waals surface area (Å²) >= 11 is 0. The van der Waals surface area contributed by atoms with Crippen LogP contribution in [0.1, 0.15) is 32.6 Å². The number of aliphatic hydroxyl groups excluding tert-OH is 1. The number of carbonyl (C=O) groups excluding carboxylic acids is 1. The van der Waals surface area contributed by atoms with E-state index in [9.17, 15) is 4.79 Å². The number of amides is 1. The minimum Gasteiger partial charge on any atom is -0.393 e. The van der Waals surface area contributed by atoms with Gasteiger partial charge in [-0.2, -0.15) is 0 Å². The topological polar surface area (TPSA) is 49.3 Å². The van der Waals surface area contributed by atoms with Crippen molar-refractivity contribution < 1.29 is 9.90 Å². The minimum atomic E-state index is -0.178. The van der Waals surface area contributed by atoms with Gasteiger partial charge in [0.05, 0.1) is 6.10 Å². The molecule has 0 aromatic heterocycles. The second-order valence-electron chi connectivity index (χ2n) is 4.36. The Morgan fingerprint density at radius 3 is 2.50 bits per heavy atom. The van der Waals surface area contributed by atoms with E-state index in [-0.39, 0.29) is 23.5 Å². The zero-order chi connectivity index (χ0) is 8.77. The van der Waals surface area contributed by atoms with Crippen LogP contribution in [0.5, 0.6) is 0 Å². The van der Waals surface area contributed by atoms with Gasteiger partial charge in [0.1, 0.15) is 0 Å². The molecule has 3 heteroatoms. The van der Waals surface area contributed by atoms with Crippen molar-refractivity contribution in [2.75, 3.05) is 0 Å². The lowest BCUT2D eigenvalue weighted by atomic mass is 9.89. The summed E-state index contributed by atoms with van der Waals surface area (Å²) in [5.74, 6) is 0.180. The van der Waals surface area contributed by atoms with Crippen LogP contribution in [0.15, 0.2) is 0 Å². The van der Waals surface area contributed by atoms with Crippen molar-refractivity contribution in [2.45, 2.75) is 44.8 Å². The number of hydrogen-bond donors (Lipinski definition) is 2. The maximum atomic E-state index is 11.4. The second-order valence-corrected chi connectivity index (χ2v) is 4.36. The summed E-state index contributed by atoms with van der Waals surface area (Å²) in [6.45, 7) is 2.00. The smallest absolute Gasteiger partial charge is 0.226 e. The van der Waals surface area contributed by atoms with Gasteiger partial charge in [-0.15, -0.1) is 0 Å². The Bertz CT molecular complexity index is 205. The monoisotopic (exact) mass is 169 g/mol. The molecule has 0 unspecified atom stereocenters. The van der Waals surface area contributed by atoms with Crippen molar-refractivity contribution in [1.29, 1.82) is 0 Å². The molecule has 0 saturated heterocycles. The molecule has 3 nitrogen and oxygen atoms in total. The normalized spacial score (nSPS) is 36.8. The number of carbonyl (C=O) groups is 1. The molecule has 0 aromatic carbocycles. The Morgan fingerprint density at radius 2 is 2.08 bits per heavy atom. The van der Waals surface area contributed by atoms with Crippen LogP contribution in [0.4, 0.5) is 0 Å². The Labute approximate surface area is 72.2 Å². The third-order valence-corrected chi connectivity index (χ3v) is 3.00. The third-order valence-electron chi connectivity index (χ3n) is 3.00. The van der Waals surface area contributed by atoms with Crippen LogP contribution >= 0.6 is 0 Å². The summed E-state index contributed by atoms with van der Waals surface area (Å²) in [5, 5.41) is 11.9. The Balaban J connectivity index is 1.77. The van der Waals surface area contributed by atoms with Crippen LogP contribution in [-0.4, -0.2) is 23.2 Å². The first-order valence-corrected chi connectivity index (χ1v) is 4.59. The average molecular weight is 169 g/mol. The lowest BCUT2D eigenvalue weighted by Crippen LogP contribution is -2.48. The Hall–Kier alpha value is -0.570. The largest absolute Gasteiger partial charge is 0.393 e. The highest BCUT2D eigenvalue weighted by Gasteiger charge is 2.46. The van der Waals surface area contributed by atoms with E-state index in [4.69, 9.17) is 5.11 Å². The first-order valence-electron chi connectivity index (χ1n) is 4.59. The molecule has 2 saturated carbocycles. The molecule has 0 bridgehead atoms. The molecule has 12 heavy (non-hydrogen) atoms. The fourth-order valence-electron chi connectivity index (χ4n) is 1.48. The molecule has 0 heterocycles. The number of rotatable bonds is 2.